The smallest absolute Gasteiger partial charge is 0.251 e. The number of imidazole rings is 1. The Morgan fingerprint density at radius 1 is 1.13 bits per heavy atom. The molecule has 7 heteroatoms. The summed E-state index contributed by atoms with van der Waals surface area (Å²) in [5.74, 6) is 0.659. The van der Waals surface area contributed by atoms with Gasteiger partial charge in [-0.05, 0) is 55.8 Å². The zero-order valence-corrected chi connectivity index (χ0v) is 17.3. The fourth-order valence-electron chi connectivity index (χ4n) is 3.52. The number of aryl methyl sites for hydroxylation is 1. The third-order valence-electron chi connectivity index (χ3n) is 5.19. The van der Waals surface area contributed by atoms with Crippen molar-refractivity contribution in [1.82, 2.24) is 19.6 Å². The molecule has 1 fully saturated rings. The molecule has 0 radical (unpaired) electrons. The van der Waals surface area contributed by atoms with Crippen LogP contribution >= 0.6 is 0 Å². The average molecular weight is 409 g/mol. The van der Waals surface area contributed by atoms with Crippen molar-refractivity contribution in [3.63, 3.8) is 0 Å². The minimum Gasteiger partial charge on any atom is -0.487 e. The highest BCUT2D eigenvalue weighted by atomic mass is 16.5. The average Bonchev–Trinajstić information content (AvgIpc) is 3.18. The van der Waals surface area contributed by atoms with E-state index in [9.17, 15) is 4.79 Å². The van der Waals surface area contributed by atoms with Gasteiger partial charge in [0, 0.05) is 37.6 Å². The molecule has 0 bridgehead atoms. The quantitative estimate of drug-likeness (QED) is 0.581. The Morgan fingerprint density at radius 2 is 1.93 bits per heavy atom. The molecule has 0 spiro atoms. The first-order chi connectivity index (χ1) is 14.7. The van der Waals surface area contributed by atoms with Crippen LogP contribution in [0.15, 0.2) is 48.8 Å². The van der Waals surface area contributed by atoms with Crippen LogP contribution in [0.2, 0.25) is 0 Å². The first kappa shape index (κ1) is 20.4. The van der Waals surface area contributed by atoms with Gasteiger partial charge < -0.3 is 19.2 Å². The Labute approximate surface area is 176 Å². The molecule has 1 aromatic carbocycles. The van der Waals surface area contributed by atoms with E-state index < -0.39 is 0 Å². The van der Waals surface area contributed by atoms with Crippen molar-refractivity contribution < 1.29 is 14.3 Å². The number of hydrogen-bond donors (Lipinski definition) is 1. The Kier molecular flexibility index (Phi) is 6.61. The molecule has 1 aliphatic rings. The number of rotatable bonds is 8. The van der Waals surface area contributed by atoms with Gasteiger partial charge in [-0.15, -0.1) is 0 Å². The number of fused-ring (bicyclic) bond motifs is 1. The SMILES string of the molecule is Cc1ccc2nc(COc3ccc(C(=O)NCCCN4CCOCC4)cc3)cn2c1. The molecule has 1 amide bonds. The van der Waals surface area contributed by atoms with Crippen LogP contribution in [0.4, 0.5) is 0 Å². The predicted molar refractivity (Wildman–Crippen MR) is 115 cm³/mol. The molecule has 30 heavy (non-hydrogen) atoms. The zero-order chi connectivity index (χ0) is 20.8. The van der Waals surface area contributed by atoms with Crippen molar-refractivity contribution in [1.29, 1.82) is 0 Å². The fourth-order valence-corrected chi connectivity index (χ4v) is 3.52. The van der Waals surface area contributed by atoms with Gasteiger partial charge in [-0.25, -0.2) is 4.98 Å². The standard InChI is InChI=1S/C23H28N4O3/c1-18-3-8-22-25-20(16-27(22)15-18)17-30-21-6-4-19(5-7-21)23(28)24-9-2-10-26-11-13-29-14-12-26/h3-8,15-16H,2,9-14,17H2,1H3,(H,24,28). The fraction of sp³-hybridized carbons (Fsp3) is 0.391. The van der Waals surface area contributed by atoms with Crippen molar-refractivity contribution in [2.75, 3.05) is 39.4 Å². The second-order valence-electron chi connectivity index (χ2n) is 7.58. The highest BCUT2D eigenvalue weighted by Gasteiger charge is 2.10. The van der Waals surface area contributed by atoms with Crippen LogP contribution < -0.4 is 10.1 Å². The minimum absolute atomic E-state index is 0.0563. The topological polar surface area (TPSA) is 68.1 Å². The normalized spacial score (nSPS) is 14.7. The molecule has 1 N–H and O–H groups in total. The Balaban J connectivity index is 1.22. The molecular formula is C23H28N4O3. The van der Waals surface area contributed by atoms with Gasteiger partial charge in [-0.2, -0.15) is 0 Å². The van der Waals surface area contributed by atoms with Crippen LogP contribution in [0.5, 0.6) is 5.75 Å². The van der Waals surface area contributed by atoms with Gasteiger partial charge in [0.15, 0.2) is 0 Å². The molecule has 0 aliphatic carbocycles. The van der Waals surface area contributed by atoms with E-state index in [4.69, 9.17) is 9.47 Å². The van der Waals surface area contributed by atoms with Gasteiger partial charge in [0.25, 0.3) is 5.91 Å². The summed E-state index contributed by atoms with van der Waals surface area (Å²) in [5.41, 5.74) is 3.58. The van der Waals surface area contributed by atoms with Gasteiger partial charge in [0.1, 0.15) is 18.0 Å². The van der Waals surface area contributed by atoms with Gasteiger partial charge in [-0.3, -0.25) is 9.69 Å². The summed E-state index contributed by atoms with van der Waals surface area (Å²) in [6.07, 6.45) is 4.95. The number of benzene rings is 1. The summed E-state index contributed by atoms with van der Waals surface area (Å²) in [6, 6.07) is 11.3. The summed E-state index contributed by atoms with van der Waals surface area (Å²) in [4.78, 5) is 19.2. The van der Waals surface area contributed by atoms with E-state index in [-0.39, 0.29) is 5.91 Å². The maximum absolute atomic E-state index is 12.3. The van der Waals surface area contributed by atoms with E-state index in [1.807, 2.05) is 41.1 Å². The van der Waals surface area contributed by atoms with Gasteiger partial charge in [0.05, 0.1) is 18.9 Å². The van der Waals surface area contributed by atoms with Crippen LogP contribution in [0, 0.1) is 6.92 Å². The molecule has 1 saturated heterocycles. The van der Waals surface area contributed by atoms with Gasteiger partial charge >= 0.3 is 0 Å². The molecule has 2 aromatic heterocycles. The van der Waals surface area contributed by atoms with Crippen LogP contribution in [0.25, 0.3) is 5.65 Å². The minimum atomic E-state index is -0.0563. The number of nitrogens with one attached hydrogen (secondary N) is 1. The van der Waals surface area contributed by atoms with E-state index >= 15 is 0 Å². The number of pyridine rings is 1. The van der Waals surface area contributed by atoms with Crippen molar-refractivity contribution in [2.24, 2.45) is 0 Å². The van der Waals surface area contributed by atoms with E-state index in [0.29, 0.717) is 24.5 Å². The van der Waals surface area contributed by atoms with Crippen molar-refractivity contribution >= 4 is 11.6 Å². The number of ether oxygens (including phenoxy) is 2. The molecule has 4 rings (SSSR count). The lowest BCUT2D eigenvalue weighted by Gasteiger charge is -2.26. The van der Waals surface area contributed by atoms with Gasteiger partial charge in [-0.1, -0.05) is 6.07 Å². The summed E-state index contributed by atoms with van der Waals surface area (Å²) in [6.45, 7) is 7.65. The lowest BCUT2D eigenvalue weighted by molar-refractivity contribution is 0.0374. The van der Waals surface area contributed by atoms with Crippen molar-refractivity contribution in [3.8, 4) is 5.75 Å². The number of hydrogen-bond acceptors (Lipinski definition) is 5. The lowest BCUT2D eigenvalue weighted by Crippen LogP contribution is -2.38. The monoisotopic (exact) mass is 408 g/mol. The number of carbonyl (C=O) groups excluding carboxylic acids is 1. The maximum atomic E-state index is 12.3. The van der Waals surface area contributed by atoms with Crippen LogP contribution in [-0.2, 0) is 11.3 Å². The molecule has 3 aromatic rings. The summed E-state index contributed by atoms with van der Waals surface area (Å²) < 4.78 is 13.2. The summed E-state index contributed by atoms with van der Waals surface area (Å²) >= 11 is 0. The third-order valence-corrected chi connectivity index (χ3v) is 5.19. The van der Waals surface area contributed by atoms with E-state index in [2.05, 4.69) is 22.1 Å². The van der Waals surface area contributed by atoms with Crippen LogP contribution in [-0.4, -0.2) is 59.6 Å². The number of carbonyl (C=O) groups is 1. The molecule has 7 nitrogen and oxygen atoms in total. The van der Waals surface area contributed by atoms with E-state index in [1.54, 1.807) is 12.1 Å². The molecule has 0 saturated carbocycles. The second kappa shape index (κ2) is 9.73. The first-order valence-corrected chi connectivity index (χ1v) is 10.4. The van der Waals surface area contributed by atoms with Crippen LogP contribution in [0.3, 0.4) is 0 Å². The highest BCUT2D eigenvalue weighted by molar-refractivity contribution is 5.94. The first-order valence-electron chi connectivity index (χ1n) is 10.4. The number of aromatic nitrogens is 2. The third kappa shape index (κ3) is 5.37. The van der Waals surface area contributed by atoms with Crippen molar-refractivity contribution in [2.45, 2.75) is 20.0 Å². The Hall–Kier alpha value is -2.90. The number of nitrogens with zero attached hydrogens (tertiary/aromatic N) is 3. The van der Waals surface area contributed by atoms with Crippen LogP contribution in [0.1, 0.15) is 28.0 Å². The van der Waals surface area contributed by atoms with E-state index in [0.717, 1.165) is 50.6 Å². The molecular weight excluding hydrogens is 380 g/mol. The molecule has 0 unspecified atom stereocenters. The van der Waals surface area contributed by atoms with Crippen molar-refractivity contribution in [3.05, 3.63) is 65.6 Å². The van der Waals surface area contributed by atoms with E-state index in [1.165, 1.54) is 5.56 Å². The Bertz CT molecular complexity index is 978. The largest absolute Gasteiger partial charge is 0.487 e. The summed E-state index contributed by atoms with van der Waals surface area (Å²) in [7, 11) is 0. The molecule has 1 aliphatic heterocycles. The number of morpholine rings is 1. The maximum Gasteiger partial charge on any atom is 0.251 e. The highest BCUT2D eigenvalue weighted by Crippen LogP contribution is 2.15. The zero-order valence-electron chi connectivity index (χ0n) is 17.3. The predicted octanol–water partition coefficient (Wildman–Crippen LogP) is 2.67. The van der Waals surface area contributed by atoms with Gasteiger partial charge in [0.2, 0.25) is 0 Å². The lowest BCUT2D eigenvalue weighted by atomic mass is 10.2. The summed E-state index contributed by atoms with van der Waals surface area (Å²) in [5, 5.41) is 2.98. The molecule has 158 valence electrons. The second-order valence-corrected chi connectivity index (χ2v) is 7.58. The number of amides is 1. The Morgan fingerprint density at radius 3 is 2.73 bits per heavy atom. The molecule has 3 heterocycles. The molecule has 0 atom stereocenters.